The number of rotatable bonds is 3. The smallest absolute Gasteiger partial charge is 0.409 e. The van der Waals surface area contributed by atoms with Gasteiger partial charge < -0.3 is 14.6 Å². The fraction of sp³-hybridized carbons (Fsp3) is 0.333. The summed E-state index contributed by atoms with van der Waals surface area (Å²) >= 11 is 0. The van der Waals surface area contributed by atoms with E-state index in [-0.39, 0.29) is 6.09 Å². The molecule has 90 valence electrons. The Balaban J connectivity index is 2.10. The molecule has 0 aliphatic carbocycles. The molecular weight excluding hydrogens is 218 g/mol. The van der Waals surface area contributed by atoms with Crippen LogP contribution in [-0.4, -0.2) is 34.6 Å². The lowest BCUT2D eigenvalue weighted by molar-refractivity contribution is 0.113. The fourth-order valence-electron chi connectivity index (χ4n) is 1.60. The predicted octanol–water partition coefficient (Wildman–Crippen LogP) is 2.15. The highest BCUT2D eigenvalue weighted by Gasteiger charge is 2.11. The second kappa shape index (κ2) is 4.86. The van der Waals surface area contributed by atoms with Gasteiger partial charge in [0.1, 0.15) is 5.82 Å². The molecular formula is C12H15N3O2. The minimum absolute atomic E-state index is 0.340. The van der Waals surface area contributed by atoms with Crippen LogP contribution >= 0.6 is 0 Å². The Bertz CT molecular complexity index is 488. The number of fused-ring (bicyclic) bond motifs is 1. The van der Waals surface area contributed by atoms with Crippen molar-refractivity contribution in [2.24, 2.45) is 0 Å². The van der Waals surface area contributed by atoms with Gasteiger partial charge in [-0.2, -0.15) is 0 Å². The molecule has 0 spiro atoms. The molecule has 5 heteroatoms. The SMILES string of the molecule is CCOC(=O)N(C)Cc1nc2ccccc2[nH]1. The summed E-state index contributed by atoms with van der Waals surface area (Å²) in [5.41, 5.74) is 1.87. The molecule has 0 atom stereocenters. The van der Waals surface area contributed by atoms with Crippen LogP contribution in [0.4, 0.5) is 4.79 Å². The van der Waals surface area contributed by atoms with Crippen LogP contribution in [0.3, 0.4) is 0 Å². The Hall–Kier alpha value is -2.04. The zero-order valence-corrected chi connectivity index (χ0v) is 9.93. The molecule has 1 heterocycles. The summed E-state index contributed by atoms with van der Waals surface area (Å²) in [6, 6.07) is 7.76. The Morgan fingerprint density at radius 1 is 1.47 bits per heavy atom. The van der Waals surface area contributed by atoms with Crippen molar-refractivity contribution in [2.75, 3.05) is 13.7 Å². The molecule has 0 aliphatic rings. The number of nitrogens with one attached hydrogen (secondary N) is 1. The van der Waals surface area contributed by atoms with E-state index < -0.39 is 0 Å². The first-order valence-electron chi connectivity index (χ1n) is 5.52. The lowest BCUT2D eigenvalue weighted by atomic mass is 10.3. The lowest BCUT2D eigenvalue weighted by Crippen LogP contribution is -2.27. The minimum Gasteiger partial charge on any atom is -0.450 e. The molecule has 17 heavy (non-hydrogen) atoms. The number of aromatic nitrogens is 2. The third-order valence-electron chi connectivity index (χ3n) is 2.40. The van der Waals surface area contributed by atoms with Gasteiger partial charge in [-0.15, -0.1) is 0 Å². The van der Waals surface area contributed by atoms with Gasteiger partial charge in [0.05, 0.1) is 24.2 Å². The molecule has 2 rings (SSSR count). The normalized spacial score (nSPS) is 10.5. The first kappa shape index (κ1) is 11.4. The highest BCUT2D eigenvalue weighted by atomic mass is 16.5. The van der Waals surface area contributed by atoms with Crippen molar-refractivity contribution in [3.8, 4) is 0 Å². The summed E-state index contributed by atoms with van der Waals surface area (Å²) in [6.45, 7) is 2.57. The Labute approximate surface area is 99.4 Å². The van der Waals surface area contributed by atoms with E-state index in [0.29, 0.717) is 13.2 Å². The van der Waals surface area contributed by atoms with Crippen molar-refractivity contribution >= 4 is 17.1 Å². The fourth-order valence-corrected chi connectivity index (χ4v) is 1.60. The zero-order chi connectivity index (χ0) is 12.3. The van der Waals surface area contributed by atoms with E-state index in [1.165, 1.54) is 4.90 Å². The van der Waals surface area contributed by atoms with Crippen LogP contribution in [0.25, 0.3) is 11.0 Å². The van der Waals surface area contributed by atoms with Crippen LogP contribution in [0.1, 0.15) is 12.7 Å². The Kier molecular flexibility index (Phi) is 3.27. The number of hydrogen-bond acceptors (Lipinski definition) is 3. The number of aromatic amines is 1. The first-order valence-corrected chi connectivity index (χ1v) is 5.52. The third kappa shape index (κ3) is 2.55. The number of hydrogen-bond donors (Lipinski definition) is 1. The highest BCUT2D eigenvalue weighted by molar-refractivity contribution is 5.75. The van der Waals surface area contributed by atoms with Gasteiger partial charge >= 0.3 is 6.09 Å². The van der Waals surface area contributed by atoms with Gasteiger partial charge in [0.15, 0.2) is 0 Å². The van der Waals surface area contributed by atoms with Gasteiger partial charge in [0.25, 0.3) is 0 Å². The van der Waals surface area contributed by atoms with Crippen molar-refractivity contribution in [3.05, 3.63) is 30.1 Å². The Morgan fingerprint density at radius 3 is 2.94 bits per heavy atom. The molecule has 1 aromatic heterocycles. The minimum atomic E-state index is -0.340. The van der Waals surface area contributed by atoms with E-state index in [4.69, 9.17) is 4.74 Å². The van der Waals surface area contributed by atoms with Crippen LogP contribution in [0, 0.1) is 0 Å². The van der Waals surface area contributed by atoms with Crippen LogP contribution in [-0.2, 0) is 11.3 Å². The van der Waals surface area contributed by atoms with E-state index >= 15 is 0 Å². The second-order valence-electron chi connectivity index (χ2n) is 3.76. The van der Waals surface area contributed by atoms with Gasteiger partial charge in [-0.25, -0.2) is 9.78 Å². The maximum absolute atomic E-state index is 11.4. The van der Waals surface area contributed by atoms with Gasteiger partial charge in [-0.3, -0.25) is 0 Å². The summed E-state index contributed by atoms with van der Waals surface area (Å²) < 4.78 is 4.90. The quantitative estimate of drug-likeness (QED) is 0.883. The summed E-state index contributed by atoms with van der Waals surface area (Å²) in [6.07, 6.45) is -0.340. The van der Waals surface area contributed by atoms with Gasteiger partial charge in [-0.05, 0) is 19.1 Å². The summed E-state index contributed by atoms with van der Waals surface area (Å²) in [5.74, 6) is 0.752. The average molecular weight is 233 g/mol. The monoisotopic (exact) mass is 233 g/mol. The number of imidazole rings is 1. The topological polar surface area (TPSA) is 58.2 Å². The number of benzene rings is 1. The molecule has 0 aliphatic heterocycles. The van der Waals surface area contributed by atoms with Gasteiger partial charge in [-0.1, -0.05) is 12.1 Å². The van der Waals surface area contributed by atoms with Crippen LogP contribution in [0.15, 0.2) is 24.3 Å². The average Bonchev–Trinajstić information content (AvgIpc) is 2.71. The standard InChI is InChI=1S/C12H15N3O2/c1-3-17-12(16)15(2)8-11-13-9-6-4-5-7-10(9)14-11/h4-7H,3,8H2,1-2H3,(H,13,14). The molecule has 0 saturated carbocycles. The second-order valence-corrected chi connectivity index (χ2v) is 3.76. The zero-order valence-electron chi connectivity index (χ0n) is 9.93. The number of H-pyrrole nitrogens is 1. The highest BCUT2D eigenvalue weighted by Crippen LogP contribution is 2.11. The van der Waals surface area contributed by atoms with Crippen LogP contribution in [0.2, 0.25) is 0 Å². The van der Waals surface area contributed by atoms with E-state index in [0.717, 1.165) is 16.9 Å². The van der Waals surface area contributed by atoms with Crippen LogP contribution < -0.4 is 0 Å². The Morgan fingerprint density at radius 2 is 2.24 bits per heavy atom. The molecule has 1 N–H and O–H groups in total. The molecule has 1 amide bonds. The number of para-hydroxylation sites is 2. The predicted molar refractivity (Wildman–Crippen MR) is 64.6 cm³/mol. The van der Waals surface area contributed by atoms with Crippen molar-refractivity contribution in [1.82, 2.24) is 14.9 Å². The van der Waals surface area contributed by atoms with E-state index in [1.54, 1.807) is 14.0 Å². The van der Waals surface area contributed by atoms with E-state index in [9.17, 15) is 4.79 Å². The number of carbonyl (C=O) groups excluding carboxylic acids is 1. The maximum atomic E-state index is 11.4. The molecule has 0 saturated heterocycles. The maximum Gasteiger partial charge on any atom is 0.409 e. The number of amides is 1. The summed E-state index contributed by atoms with van der Waals surface area (Å²) in [7, 11) is 1.69. The molecule has 0 radical (unpaired) electrons. The largest absolute Gasteiger partial charge is 0.450 e. The van der Waals surface area contributed by atoms with Crippen molar-refractivity contribution in [1.29, 1.82) is 0 Å². The third-order valence-corrected chi connectivity index (χ3v) is 2.40. The van der Waals surface area contributed by atoms with Crippen molar-refractivity contribution < 1.29 is 9.53 Å². The van der Waals surface area contributed by atoms with Crippen LogP contribution in [0.5, 0.6) is 0 Å². The first-order chi connectivity index (χ1) is 8.20. The number of nitrogens with zero attached hydrogens (tertiary/aromatic N) is 2. The number of carbonyl (C=O) groups is 1. The van der Waals surface area contributed by atoms with Crippen molar-refractivity contribution in [3.63, 3.8) is 0 Å². The molecule has 0 unspecified atom stereocenters. The van der Waals surface area contributed by atoms with E-state index in [1.807, 2.05) is 24.3 Å². The summed E-state index contributed by atoms with van der Waals surface area (Å²) in [4.78, 5) is 20.5. The molecule has 2 aromatic rings. The molecule has 1 aromatic carbocycles. The van der Waals surface area contributed by atoms with Crippen molar-refractivity contribution in [2.45, 2.75) is 13.5 Å². The molecule has 0 bridgehead atoms. The van der Waals surface area contributed by atoms with Gasteiger partial charge in [0, 0.05) is 7.05 Å². The van der Waals surface area contributed by atoms with E-state index in [2.05, 4.69) is 9.97 Å². The molecule has 5 nitrogen and oxygen atoms in total. The summed E-state index contributed by atoms with van der Waals surface area (Å²) in [5, 5.41) is 0. The van der Waals surface area contributed by atoms with Gasteiger partial charge in [0.2, 0.25) is 0 Å². The number of ether oxygens (including phenoxy) is 1. The molecule has 0 fully saturated rings. The lowest BCUT2D eigenvalue weighted by Gasteiger charge is -2.14.